The minimum absolute atomic E-state index is 0.0595. The van der Waals surface area contributed by atoms with Crippen molar-refractivity contribution in [3.8, 4) is 5.75 Å². The van der Waals surface area contributed by atoms with Crippen LogP contribution in [0.3, 0.4) is 0 Å². The molecule has 2 atom stereocenters. The number of rotatable bonds is 3. The van der Waals surface area contributed by atoms with Crippen molar-refractivity contribution in [3.63, 3.8) is 0 Å². The number of Topliss-reactive ketones (excluding diaryl/α,β-unsaturated/α-hetero) is 1. The fourth-order valence-electron chi connectivity index (χ4n) is 2.66. The molecule has 0 saturated carbocycles. The summed E-state index contributed by atoms with van der Waals surface area (Å²) in [7, 11) is 2.08. The SMILES string of the molecule is CC1CN(CC(=O)c2cc(F)ccc2O)CC(C)N1C. The summed E-state index contributed by atoms with van der Waals surface area (Å²) >= 11 is 0. The molecule has 1 aliphatic rings. The summed E-state index contributed by atoms with van der Waals surface area (Å²) in [5.41, 5.74) is 0.0595. The van der Waals surface area contributed by atoms with Crippen LogP contribution in [0.4, 0.5) is 4.39 Å². The van der Waals surface area contributed by atoms with Crippen LogP contribution in [0.15, 0.2) is 18.2 Å². The van der Waals surface area contributed by atoms with Gasteiger partial charge in [0.25, 0.3) is 0 Å². The van der Waals surface area contributed by atoms with Crippen LogP contribution in [0.1, 0.15) is 24.2 Å². The van der Waals surface area contributed by atoms with Gasteiger partial charge in [-0.3, -0.25) is 14.6 Å². The van der Waals surface area contributed by atoms with E-state index in [0.717, 1.165) is 25.2 Å². The van der Waals surface area contributed by atoms with Crippen molar-refractivity contribution in [2.24, 2.45) is 0 Å². The first kappa shape index (κ1) is 14.9. The molecule has 20 heavy (non-hydrogen) atoms. The van der Waals surface area contributed by atoms with Crippen molar-refractivity contribution >= 4 is 5.78 Å². The van der Waals surface area contributed by atoms with E-state index in [1.807, 2.05) is 0 Å². The Labute approximate surface area is 118 Å². The molecule has 5 heteroatoms. The van der Waals surface area contributed by atoms with Crippen LogP contribution in [0.25, 0.3) is 0 Å². The maximum Gasteiger partial charge on any atom is 0.180 e. The van der Waals surface area contributed by atoms with Gasteiger partial charge in [-0.2, -0.15) is 0 Å². The Balaban J connectivity index is 2.06. The Morgan fingerprint density at radius 2 is 1.95 bits per heavy atom. The standard InChI is InChI=1S/C15H21FN2O2/c1-10-7-18(8-11(2)17(10)3)9-15(20)13-6-12(16)4-5-14(13)19/h4-6,10-11,19H,7-9H2,1-3H3. The Morgan fingerprint density at radius 3 is 2.55 bits per heavy atom. The molecule has 0 bridgehead atoms. The highest BCUT2D eigenvalue weighted by atomic mass is 19.1. The van der Waals surface area contributed by atoms with E-state index in [4.69, 9.17) is 0 Å². The quantitative estimate of drug-likeness (QED) is 0.857. The van der Waals surface area contributed by atoms with Crippen molar-refractivity contribution in [1.82, 2.24) is 9.80 Å². The van der Waals surface area contributed by atoms with Crippen molar-refractivity contribution in [1.29, 1.82) is 0 Å². The first-order valence-electron chi connectivity index (χ1n) is 6.84. The molecule has 1 N–H and O–H groups in total. The number of benzene rings is 1. The molecule has 0 aliphatic carbocycles. The number of likely N-dealkylation sites (N-methyl/N-ethyl adjacent to an activating group) is 1. The maximum absolute atomic E-state index is 13.2. The Hall–Kier alpha value is -1.46. The van der Waals surface area contributed by atoms with Gasteiger partial charge in [0.1, 0.15) is 11.6 Å². The van der Waals surface area contributed by atoms with E-state index in [1.165, 1.54) is 6.07 Å². The monoisotopic (exact) mass is 280 g/mol. The number of phenols is 1. The van der Waals surface area contributed by atoms with Gasteiger partial charge in [-0.25, -0.2) is 4.39 Å². The number of halogens is 1. The first-order valence-corrected chi connectivity index (χ1v) is 6.84. The molecule has 2 rings (SSSR count). The highest BCUT2D eigenvalue weighted by molar-refractivity contribution is 6.00. The van der Waals surface area contributed by atoms with Gasteiger partial charge < -0.3 is 5.11 Å². The third-order valence-electron chi connectivity index (χ3n) is 4.06. The third kappa shape index (κ3) is 3.16. The first-order chi connectivity index (χ1) is 9.38. The van der Waals surface area contributed by atoms with E-state index < -0.39 is 5.82 Å². The second kappa shape index (κ2) is 5.89. The Bertz CT molecular complexity index is 495. The molecule has 0 aromatic heterocycles. The van der Waals surface area contributed by atoms with Gasteiger partial charge in [-0.15, -0.1) is 0 Å². The van der Waals surface area contributed by atoms with Gasteiger partial charge >= 0.3 is 0 Å². The van der Waals surface area contributed by atoms with Crippen LogP contribution >= 0.6 is 0 Å². The average Bonchev–Trinajstić information content (AvgIpc) is 2.38. The lowest BCUT2D eigenvalue weighted by Gasteiger charge is -2.42. The molecule has 1 heterocycles. The molecule has 1 aliphatic heterocycles. The third-order valence-corrected chi connectivity index (χ3v) is 4.06. The zero-order valence-electron chi connectivity index (χ0n) is 12.1. The topological polar surface area (TPSA) is 43.8 Å². The molecule has 1 aromatic carbocycles. The fourth-order valence-corrected chi connectivity index (χ4v) is 2.66. The number of nitrogens with zero attached hydrogens (tertiary/aromatic N) is 2. The molecule has 0 amide bonds. The number of ketones is 1. The molecule has 0 spiro atoms. The summed E-state index contributed by atoms with van der Waals surface area (Å²) in [6.45, 7) is 6.03. The normalized spacial score (nSPS) is 24.8. The summed E-state index contributed by atoms with van der Waals surface area (Å²) in [6, 6.07) is 4.20. The van der Waals surface area contributed by atoms with Crippen LogP contribution in [0.2, 0.25) is 0 Å². The molecule has 0 radical (unpaired) electrons. The van der Waals surface area contributed by atoms with E-state index in [-0.39, 0.29) is 23.6 Å². The molecular weight excluding hydrogens is 259 g/mol. The average molecular weight is 280 g/mol. The Kier molecular flexibility index (Phi) is 4.40. The number of piperazine rings is 1. The van der Waals surface area contributed by atoms with E-state index in [1.54, 1.807) is 0 Å². The number of aromatic hydroxyl groups is 1. The second-order valence-electron chi connectivity index (χ2n) is 5.64. The van der Waals surface area contributed by atoms with Crippen LogP contribution in [0.5, 0.6) is 5.75 Å². The number of phenolic OH excluding ortho intramolecular Hbond substituents is 1. The van der Waals surface area contributed by atoms with Gasteiger partial charge in [0, 0.05) is 25.2 Å². The molecule has 2 unspecified atom stereocenters. The zero-order valence-corrected chi connectivity index (χ0v) is 12.1. The van der Waals surface area contributed by atoms with E-state index >= 15 is 0 Å². The van der Waals surface area contributed by atoms with Gasteiger partial charge in [-0.1, -0.05) is 0 Å². The van der Waals surface area contributed by atoms with Gasteiger partial charge in [0.05, 0.1) is 12.1 Å². The number of hydrogen-bond acceptors (Lipinski definition) is 4. The zero-order chi connectivity index (χ0) is 14.9. The maximum atomic E-state index is 13.2. The summed E-state index contributed by atoms with van der Waals surface area (Å²) in [5, 5.41) is 9.67. The number of carbonyl (C=O) groups excluding carboxylic acids is 1. The lowest BCUT2D eigenvalue weighted by molar-refractivity contribution is 0.0548. The predicted molar refractivity (Wildman–Crippen MR) is 75.5 cm³/mol. The van der Waals surface area contributed by atoms with E-state index in [9.17, 15) is 14.3 Å². The lowest BCUT2D eigenvalue weighted by Crippen LogP contribution is -2.55. The number of hydrogen-bond donors (Lipinski definition) is 1. The van der Waals surface area contributed by atoms with Crippen molar-refractivity contribution < 1.29 is 14.3 Å². The predicted octanol–water partition coefficient (Wildman–Crippen LogP) is 1.74. The minimum Gasteiger partial charge on any atom is -0.507 e. The summed E-state index contributed by atoms with van der Waals surface area (Å²) in [4.78, 5) is 16.5. The number of carbonyl (C=O) groups is 1. The minimum atomic E-state index is -0.508. The highest BCUT2D eigenvalue weighted by Crippen LogP contribution is 2.20. The van der Waals surface area contributed by atoms with Crippen molar-refractivity contribution in [2.45, 2.75) is 25.9 Å². The smallest absolute Gasteiger partial charge is 0.180 e. The van der Waals surface area contributed by atoms with Crippen LogP contribution < -0.4 is 0 Å². The molecular formula is C15H21FN2O2. The summed E-state index contributed by atoms with van der Waals surface area (Å²) < 4.78 is 13.2. The van der Waals surface area contributed by atoms with E-state index in [2.05, 4.69) is 30.7 Å². The Morgan fingerprint density at radius 1 is 1.35 bits per heavy atom. The molecule has 1 saturated heterocycles. The largest absolute Gasteiger partial charge is 0.507 e. The summed E-state index contributed by atoms with van der Waals surface area (Å²) in [5.74, 6) is -0.913. The van der Waals surface area contributed by atoms with Crippen molar-refractivity contribution in [2.75, 3.05) is 26.7 Å². The van der Waals surface area contributed by atoms with E-state index in [0.29, 0.717) is 12.1 Å². The highest BCUT2D eigenvalue weighted by Gasteiger charge is 2.28. The molecule has 1 aromatic rings. The van der Waals surface area contributed by atoms with Crippen LogP contribution in [-0.4, -0.2) is 59.5 Å². The van der Waals surface area contributed by atoms with Crippen LogP contribution in [0, 0.1) is 5.82 Å². The fraction of sp³-hybridized carbons (Fsp3) is 0.533. The molecule has 4 nitrogen and oxygen atoms in total. The van der Waals surface area contributed by atoms with Gasteiger partial charge in [0.15, 0.2) is 5.78 Å². The van der Waals surface area contributed by atoms with Crippen LogP contribution in [-0.2, 0) is 0 Å². The lowest BCUT2D eigenvalue weighted by atomic mass is 10.1. The second-order valence-corrected chi connectivity index (χ2v) is 5.64. The summed E-state index contributed by atoms with van der Waals surface area (Å²) in [6.07, 6.45) is 0. The molecule has 110 valence electrons. The van der Waals surface area contributed by atoms with Gasteiger partial charge in [-0.05, 0) is 39.1 Å². The van der Waals surface area contributed by atoms with Gasteiger partial charge in [0.2, 0.25) is 0 Å². The molecule has 1 fully saturated rings. The van der Waals surface area contributed by atoms with Crippen molar-refractivity contribution in [3.05, 3.63) is 29.6 Å².